The number of hydrogen-bond acceptors (Lipinski definition) is 3. The van der Waals surface area contributed by atoms with Gasteiger partial charge in [0.2, 0.25) is 5.88 Å². The van der Waals surface area contributed by atoms with E-state index in [4.69, 9.17) is 4.74 Å². The van der Waals surface area contributed by atoms with Crippen LogP contribution in [-0.4, -0.2) is 11.0 Å². The number of hydrogen-bond donors (Lipinski definition) is 0. The number of esters is 1. The van der Waals surface area contributed by atoms with Gasteiger partial charge in [0.25, 0.3) is 0 Å². The summed E-state index contributed by atoms with van der Waals surface area (Å²) in [7, 11) is 0. The van der Waals surface area contributed by atoms with Crippen molar-refractivity contribution in [2.45, 2.75) is 6.92 Å². The molecule has 0 saturated heterocycles. The second-order valence-electron chi connectivity index (χ2n) is 2.20. The first kappa shape index (κ1) is 8.46. The Balaban J connectivity index is 2.86. The highest BCUT2D eigenvalue weighted by atomic mass is 16.5. The lowest BCUT2D eigenvalue weighted by molar-refractivity contribution is -0.132. The summed E-state index contributed by atoms with van der Waals surface area (Å²) in [6, 6.07) is 5.15. The lowest BCUT2D eigenvalue weighted by Crippen LogP contribution is -2.03. The molecule has 0 aliphatic carbocycles. The normalized spacial score (nSPS) is 9.08. The second kappa shape index (κ2) is 3.67. The van der Waals surface area contributed by atoms with Crippen LogP contribution in [0.4, 0.5) is 0 Å². The Morgan fingerprint density at radius 3 is 3.00 bits per heavy atom. The summed E-state index contributed by atoms with van der Waals surface area (Å²) in [5, 5.41) is 0. The number of ether oxygens (including phenoxy) is 1. The van der Waals surface area contributed by atoms with E-state index in [1.807, 2.05) is 0 Å². The van der Waals surface area contributed by atoms with E-state index in [-0.39, 0.29) is 5.97 Å². The molecule has 0 aromatic carbocycles. The highest BCUT2D eigenvalue weighted by Gasteiger charge is 1.98. The zero-order valence-electron chi connectivity index (χ0n) is 6.78. The molecule has 0 N–H and O–H groups in total. The molecular formula is C9H9NO2. The third-order valence-electron chi connectivity index (χ3n) is 1.20. The minimum Gasteiger partial charge on any atom is -0.408 e. The van der Waals surface area contributed by atoms with Crippen molar-refractivity contribution in [3.05, 3.63) is 30.5 Å². The van der Waals surface area contributed by atoms with Crippen LogP contribution in [0.25, 0.3) is 6.08 Å². The van der Waals surface area contributed by atoms with Gasteiger partial charge in [0.1, 0.15) is 0 Å². The molecule has 1 rings (SSSR count). The van der Waals surface area contributed by atoms with Crippen LogP contribution >= 0.6 is 0 Å². The average Bonchev–Trinajstić information content (AvgIpc) is 2.03. The van der Waals surface area contributed by atoms with Gasteiger partial charge in [-0.2, -0.15) is 0 Å². The van der Waals surface area contributed by atoms with Crippen molar-refractivity contribution >= 4 is 12.0 Å². The molecule has 0 amide bonds. The van der Waals surface area contributed by atoms with Gasteiger partial charge in [0.05, 0.1) is 5.69 Å². The SMILES string of the molecule is C=Cc1cccc(OC(C)=O)n1. The van der Waals surface area contributed by atoms with Crippen molar-refractivity contribution in [1.82, 2.24) is 4.98 Å². The molecule has 0 bridgehead atoms. The van der Waals surface area contributed by atoms with Crippen molar-refractivity contribution in [3.63, 3.8) is 0 Å². The fourth-order valence-corrected chi connectivity index (χ4v) is 0.749. The van der Waals surface area contributed by atoms with Crippen molar-refractivity contribution in [1.29, 1.82) is 0 Å². The van der Waals surface area contributed by atoms with Gasteiger partial charge in [-0.05, 0) is 12.1 Å². The van der Waals surface area contributed by atoms with Gasteiger partial charge in [-0.3, -0.25) is 4.79 Å². The summed E-state index contributed by atoms with van der Waals surface area (Å²) < 4.78 is 4.76. The number of pyridine rings is 1. The largest absolute Gasteiger partial charge is 0.408 e. The molecule has 0 aliphatic heterocycles. The van der Waals surface area contributed by atoms with E-state index >= 15 is 0 Å². The first-order valence-electron chi connectivity index (χ1n) is 3.50. The topological polar surface area (TPSA) is 39.2 Å². The van der Waals surface area contributed by atoms with Crippen molar-refractivity contribution in [3.8, 4) is 5.88 Å². The number of carbonyl (C=O) groups excluding carboxylic acids is 1. The predicted octanol–water partition coefficient (Wildman–Crippen LogP) is 1.65. The van der Waals surface area contributed by atoms with Crippen molar-refractivity contribution < 1.29 is 9.53 Å². The predicted molar refractivity (Wildman–Crippen MR) is 45.6 cm³/mol. The zero-order chi connectivity index (χ0) is 8.97. The number of aromatic nitrogens is 1. The maximum atomic E-state index is 10.5. The maximum Gasteiger partial charge on any atom is 0.309 e. The van der Waals surface area contributed by atoms with Gasteiger partial charge < -0.3 is 4.74 Å². The summed E-state index contributed by atoms with van der Waals surface area (Å²) in [4.78, 5) is 14.5. The Morgan fingerprint density at radius 2 is 2.42 bits per heavy atom. The fourth-order valence-electron chi connectivity index (χ4n) is 0.749. The second-order valence-corrected chi connectivity index (χ2v) is 2.20. The minimum atomic E-state index is -0.372. The van der Waals surface area contributed by atoms with E-state index in [0.717, 1.165) is 0 Å². The summed E-state index contributed by atoms with van der Waals surface area (Å²) in [6.07, 6.45) is 1.59. The van der Waals surface area contributed by atoms with E-state index in [1.54, 1.807) is 24.3 Å². The first-order chi connectivity index (χ1) is 5.72. The van der Waals surface area contributed by atoms with Crippen molar-refractivity contribution in [2.24, 2.45) is 0 Å². The Morgan fingerprint density at radius 1 is 1.67 bits per heavy atom. The number of nitrogens with zero attached hydrogens (tertiary/aromatic N) is 1. The quantitative estimate of drug-likeness (QED) is 0.622. The maximum absolute atomic E-state index is 10.5. The molecule has 1 aromatic rings. The van der Waals surface area contributed by atoms with E-state index in [0.29, 0.717) is 11.6 Å². The molecule has 1 aromatic heterocycles. The Hall–Kier alpha value is -1.64. The molecule has 3 nitrogen and oxygen atoms in total. The standard InChI is InChI=1S/C9H9NO2/c1-3-8-5-4-6-9(10-8)12-7(2)11/h3-6H,1H2,2H3. The molecule has 0 atom stereocenters. The number of carbonyl (C=O) groups is 1. The molecule has 0 fully saturated rings. The highest BCUT2D eigenvalue weighted by Crippen LogP contribution is 2.07. The van der Waals surface area contributed by atoms with Crippen LogP contribution in [-0.2, 0) is 4.79 Å². The van der Waals surface area contributed by atoms with Gasteiger partial charge in [0.15, 0.2) is 0 Å². The molecule has 62 valence electrons. The van der Waals surface area contributed by atoms with Crippen LogP contribution in [0.15, 0.2) is 24.8 Å². The molecule has 12 heavy (non-hydrogen) atoms. The summed E-state index contributed by atoms with van der Waals surface area (Å²) in [6.45, 7) is 4.88. The van der Waals surface area contributed by atoms with Gasteiger partial charge >= 0.3 is 5.97 Å². The monoisotopic (exact) mass is 163 g/mol. The molecule has 1 heterocycles. The van der Waals surface area contributed by atoms with Crippen LogP contribution in [0.5, 0.6) is 5.88 Å². The van der Waals surface area contributed by atoms with Crippen LogP contribution in [0.1, 0.15) is 12.6 Å². The molecular weight excluding hydrogens is 154 g/mol. The fraction of sp³-hybridized carbons (Fsp3) is 0.111. The van der Waals surface area contributed by atoms with Gasteiger partial charge in [-0.1, -0.05) is 12.6 Å². The highest BCUT2D eigenvalue weighted by molar-refractivity contribution is 5.68. The molecule has 0 radical (unpaired) electrons. The third kappa shape index (κ3) is 2.20. The Kier molecular flexibility index (Phi) is 2.58. The number of rotatable bonds is 2. The van der Waals surface area contributed by atoms with Crippen LogP contribution in [0, 0.1) is 0 Å². The summed E-state index contributed by atoms with van der Waals surface area (Å²) in [5.74, 6) is -0.0661. The first-order valence-corrected chi connectivity index (χ1v) is 3.50. The molecule has 0 unspecified atom stereocenters. The minimum absolute atomic E-state index is 0.305. The Labute approximate surface area is 70.7 Å². The van der Waals surface area contributed by atoms with E-state index in [9.17, 15) is 4.79 Å². The van der Waals surface area contributed by atoms with E-state index in [1.165, 1.54) is 6.92 Å². The van der Waals surface area contributed by atoms with Crippen LogP contribution < -0.4 is 4.74 Å². The lowest BCUT2D eigenvalue weighted by Gasteiger charge is -1.99. The molecule has 0 aliphatic rings. The van der Waals surface area contributed by atoms with Gasteiger partial charge in [-0.25, -0.2) is 4.98 Å². The van der Waals surface area contributed by atoms with Crippen LogP contribution in [0.3, 0.4) is 0 Å². The third-order valence-corrected chi connectivity index (χ3v) is 1.20. The summed E-state index contributed by atoms with van der Waals surface area (Å²) in [5.41, 5.74) is 0.689. The Bertz CT molecular complexity index is 307. The molecule has 3 heteroatoms. The summed E-state index contributed by atoms with van der Waals surface area (Å²) >= 11 is 0. The van der Waals surface area contributed by atoms with E-state index < -0.39 is 0 Å². The van der Waals surface area contributed by atoms with Crippen LogP contribution in [0.2, 0.25) is 0 Å². The van der Waals surface area contributed by atoms with Crippen molar-refractivity contribution in [2.75, 3.05) is 0 Å². The molecule has 0 saturated carbocycles. The van der Waals surface area contributed by atoms with Gasteiger partial charge in [0, 0.05) is 13.0 Å². The molecule has 0 spiro atoms. The smallest absolute Gasteiger partial charge is 0.309 e. The van der Waals surface area contributed by atoms with Gasteiger partial charge in [-0.15, -0.1) is 0 Å². The lowest BCUT2D eigenvalue weighted by atomic mass is 10.3. The van der Waals surface area contributed by atoms with E-state index in [2.05, 4.69) is 11.6 Å². The zero-order valence-corrected chi connectivity index (χ0v) is 6.78. The average molecular weight is 163 g/mol.